The van der Waals surface area contributed by atoms with Crippen LogP contribution in [0.15, 0.2) is 82.3 Å². The van der Waals surface area contributed by atoms with Gasteiger partial charge in [-0.05, 0) is 48.9 Å². The molecule has 1 heterocycles. The number of aryl methyl sites for hydroxylation is 1. The smallest absolute Gasteiger partial charge is 0.264 e. The molecule has 140 valence electrons. The zero-order valence-corrected chi connectivity index (χ0v) is 15.6. The van der Waals surface area contributed by atoms with Gasteiger partial charge in [0.2, 0.25) is 5.91 Å². The summed E-state index contributed by atoms with van der Waals surface area (Å²) in [4.78, 5) is 12.6. The fourth-order valence-electron chi connectivity index (χ4n) is 2.60. The topological polar surface area (TPSA) is 79.6 Å². The summed E-state index contributed by atoms with van der Waals surface area (Å²) in [5.41, 5.74) is 1.25. The van der Waals surface area contributed by atoms with Crippen molar-refractivity contribution >= 4 is 21.6 Å². The molecule has 6 nitrogen and oxygen atoms in total. The van der Waals surface area contributed by atoms with Crippen molar-refractivity contribution in [1.82, 2.24) is 5.32 Å². The highest BCUT2D eigenvalue weighted by molar-refractivity contribution is 7.92. The minimum atomic E-state index is -3.89. The molecule has 0 aliphatic carbocycles. The third kappa shape index (κ3) is 4.57. The largest absolute Gasteiger partial charge is 0.467 e. The molecule has 7 heteroatoms. The molecule has 0 saturated carbocycles. The molecule has 1 amide bonds. The van der Waals surface area contributed by atoms with Gasteiger partial charge in [0.15, 0.2) is 0 Å². The Kier molecular flexibility index (Phi) is 5.61. The number of anilines is 1. The Balaban J connectivity index is 1.86. The van der Waals surface area contributed by atoms with Crippen LogP contribution in [0.25, 0.3) is 0 Å². The van der Waals surface area contributed by atoms with Gasteiger partial charge in [-0.15, -0.1) is 0 Å². The minimum absolute atomic E-state index is 0.144. The molecule has 0 fully saturated rings. The van der Waals surface area contributed by atoms with Crippen LogP contribution in [0.1, 0.15) is 11.3 Å². The van der Waals surface area contributed by atoms with Crippen molar-refractivity contribution < 1.29 is 17.6 Å². The number of nitrogens with one attached hydrogen (secondary N) is 1. The lowest BCUT2D eigenvalue weighted by atomic mass is 10.2. The monoisotopic (exact) mass is 384 g/mol. The zero-order valence-electron chi connectivity index (χ0n) is 14.8. The van der Waals surface area contributed by atoms with Crippen LogP contribution < -0.4 is 9.62 Å². The first kappa shape index (κ1) is 18.7. The van der Waals surface area contributed by atoms with Crippen LogP contribution in [0.4, 0.5) is 5.69 Å². The van der Waals surface area contributed by atoms with Gasteiger partial charge in [-0.25, -0.2) is 8.42 Å². The summed E-state index contributed by atoms with van der Waals surface area (Å²) in [6, 6.07) is 18.6. The summed E-state index contributed by atoms with van der Waals surface area (Å²) < 4.78 is 32.6. The first-order valence-electron chi connectivity index (χ1n) is 8.40. The van der Waals surface area contributed by atoms with E-state index in [1.54, 1.807) is 54.6 Å². The number of rotatable bonds is 7. The van der Waals surface area contributed by atoms with E-state index in [-0.39, 0.29) is 18.0 Å². The van der Waals surface area contributed by atoms with Crippen molar-refractivity contribution in [2.24, 2.45) is 0 Å². The third-order valence-electron chi connectivity index (χ3n) is 3.95. The van der Waals surface area contributed by atoms with Crippen molar-refractivity contribution in [3.63, 3.8) is 0 Å². The number of amides is 1. The van der Waals surface area contributed by atoms with E-state index in [0.29, 0.717) is 11.4 Å². The molecule has 0 aliphatic rings. The maximum Gasteiger partial charge on any atom is 0.264 e. The molecule has 3 rings (SSSR count). The minimum Gasteiger partial charge on any atom is -0.467 e. The zero-order chi connectivity index (χ0) is 19.3. The third-order valence-corrected chi connectivity index (χ3v) is 5.72. The van der Waals surface area contributed by atoms with Crippen molar-refractivity contribution in [1.29, 1.82) is 0 Å². The van der Waals surface area contributed by atoms with E-state index in [0.717, 1.165) is 9.87 Å². The summed E-state index contributed by atoms with van der Waals surface area (Å²) in [6.07, 6.45) is 1.51. The number of para-hydroxylation sites is 1. The van der Waals surface area contributed by atoms with Gasteiger partial charge in [0.25, 0.3) is 10.0 Å². The van der Waals surface area contributed by atoms with Gasteiger partial charge in [-0.2, -0.15) is 0 Å². The number of hydrogen-bond acceptors (Lipinski definition) is 4. The fraction of sp³-hybridized carbons (Fsp3) is 0.150. The van der Waals surface area contributed by atoms with Crippen molar-refractivity contribution in [3.8, 4) is 0 Å². The predicted octanol–water partition coefficient (Wildman–Crippen LogP) is 3.10. The second kappa shape index (κ2) is 8.09. The summed E-state index contributed by atoms with van der Waals surface area (Å²) in [7, 11) is -3.89. The average molecular weight is 384 g/mol. The highest BCUT2D eigenvalue weighted by Crippen LogP contribution is 2.23. The molecule has 3 aromatic rings. The second-order valence-corrected chi connectivity index (χ2v) is 7.88. The molecule has 1 aromatic heterocycles. The SMILES string of the molecule is Cc1cccc(S(=O)(=O)N(CC(=O)NCc2ccco2)c2ccccc2)c1. The molecule has 0 radical (unpaired) electrons. The lowest BCUT2D eigenvalue weighted by molar-refractivity contribution is -0.119. The van der Waals surface area contributed by atoms with Gasteiger partial charge in [0.1, 0.15) is 12.3 Å². The van der Waals surface area contributed by atoms with Gasteiger partial charge < -0.3 is 9.73 Å². The van der Waals surface area contributed by atoms with Gasteiger partial charge in [-0.3, -0.25) is 9.10 Å². The molecule has 0 saturated heterocycles. The Bertz CT molecular complexity index is 999. The van der Waals surface area contributed by atoms with Crippen molar-refractivity contribution in [2.75, 3.05) is 10.8 Å². The van der Waals surface area contributed by atoms with Crippen LogP contribution in [0.5, 0.6) is 0 Å². The highest BCUT2D eigenvalue weighted by atomic mass is 32.2. The van der Waals surface area contributed by atoms with E-state index in [1.807, 2.05) is 13.0 Å². The lowest BCUT2D eigenvalue weighted by Gasteiger charge is -2.24. The molecular weight excluding hydrogens is 364 g/mol. The van der Waals surface area contributed by atoms with E-state index < -0.39 is 15.9 Å². The highest BCUT2D eigenvalue weighted by Gasteiger charge is 2.27. The van der Waals surface area contributed by atoms with Gasteiger partial charge in [0, 0.05) is 0 Å². The predicted molar refractivity (Wildman–Crippen MR) is 103 cm³/mol. The van der Waals surface area contributed by atoms with Gasteiger partial charge >= 0.3 is 0 Å². The number of furan rings is 1. The Labute approximate surface area is 158 Å². The first-order valence-corrected chi connectivity index (χ1v) is 9.84. The molecule has 27 heavy (non-hydrogen) atoms. The first-order chi connectivity index (χ1) is 13.0. The summed E-state index contributed by atoms with van der Waals surface area (Å²) in [5, 5.41) is 2.68. The molecule has 0 atom stereocenters. The van der Waals surface area contributed by atoms with Crippen LogP contribution in [-0.2, 0) is 21.4 Å². The Morgan fingerprint density at radius 1 is 1.04 bits per heavy atom. The molecule has 0 spiro atoms. The number of nitrogens with zero attached hydrogens (tertiary/aromatic N) is 1. The van der Waals surface area contributed by atoms with E-state index in [4.69, 9.17) is 4.42 Å². The molecule has 0 aliphatic heterocycles. The van der Waals surface area contributed by atoms with Crippen LogP contribution in [0, 0.1) is 6.92 Å². The van der Waals surface area contributed by atoms with Crippen LogP contribution in [0.2, 0.25) is 0 Å². The standard InChI is InChI=1S/C20H20N2O4S/c1-16-7-5-11-19(13-16)27(24,25)22(17-8-3-2-4-9-17)15-20(23)21-14-18-10-6-12-26-18/h2-13H,14-15H2,1H3,(H,21,23). The quantitative estimate of drug-likeness (QED) is 0.679. The van der Waals surface area contributed by atoms with E-state index in [2.05, 4.69) is 5.32 Å². The Hall–Kier alpha value is -3.06. The fourth-order valence-corrected chi connectivity index (χ4v) is 4.12. The maximum atomic E-state index is 13.2. The number of hydrogen-bond donors (Lipinski definition) is 1. The van der Waals surface area contributed by atoms with E-state index >= 15 is 0 Å². The average Bonchev–Trinajstić information content (AvgIpc) is 3.19. The summed E-state index contributed by atoms with van der Waals surface area (Å²) >= 11 is 0. The molecule has 0 bridgehead atoms. The van der Waals surface area contributed by atoms with Crippen molar-refractivity contribution in [3.05, 3.63) is 84.3 Å². The number of sulfonamides is 1. The van der Waals surface area contributed by atoms with E-state index in [9.17, 15) is 13.2 Å². The summed E-state index contributed by atoms with van der Waals surface area (Å²) in [5.74, 6) is 0.169. The van der Waals surface area contributed by atoms with Crippen LogP contribution in [0.3, 0.4) is 0 Å². The normalized spacial score (nSPS) is 11.1. The molecule has 1 N–H and O–H groups in total. The van der Waals surface area contributed by atoms with Crippen LogP contribution >= 0.6 is 0 Å². The molecule has 0 unspecified atom stereocenters. The van der Waals surface area contributed by atoms with E-state index in [1.165, 1.54) is 12.3 Å². The van der Waals surface area contributed by atoms with Gasteiger partial charge in [0.05, 0.1) is 23.4 Å². The Morgan fingerprint density at radius 3 is 2.48 bits per heavy atom. The lowest BCUT2D eigenvalue weighted by Crippen LogP contribution is -2.40. The second-order valence-electron chi connectivity index (χ2n) is 6.02. The summed E-state index contributed by atoms with van der Waals surface area (Å²) in [6.45, 7) is 1.68. The molecule has 2 aromatic carbocycles. The van der Waals surface area contributed by atoms with Crippen molar-refractivity contribution in [2.45, 2.75) is 18.4 Å². The maximum absolute atomic E-state index is 13.2. The Morgan fingerprint density at radius 2 is 1.81 bits per heavy atom. The van der Waals surface area contributed by atoms with Crippen LogP contribution in [-0.4, -0.2) is 20.9 Å². The van der Waals surface area contributed by atoms with Gasteiger partial charge in [-0.1, -0.05) is 30.3 Å². The number of carbonyl (C=O) groups is 1. The number of benzene rings is 2. The molecular formula is C20H20N2O4S. The number of carbonyl (C=O) groups excluding carboxylic acids is 1.